The van der Waals surface area contributed by atoms with Crippen molar-refractivity contribution in [3.05, 3.63) is 55.0 Å². The van der Waals surface area contributed by atoms with E-state index in [9.17, 15) is 5.11 Å². The summed E-state index contributed by atoms with van der Waals surface area (Å²) in [4.78, 5) is 11.8. The van der Waals surface area contributed by atoms with Gasteiger partial charge in [0.15, 0.2) is 0 Å². The number of hydrogen-bond acceptors (Lipinski definition) is 5. The van der Waals surface area contributed by atoms with Gasteiger partial charge in [-0.1, -0.05) is 0 Å². The molecule has 0 radical (unpaired) electrons. The standard InChI is InChI=1S/C21H26N4O2/c1-21(2,3)24-12-17(26)14-27-18-8-6-15(7-9-18)19-13-23-20(25-19)16-5-4-10-22-11-16/h4-11,13,17,24,26H,12,14H2,1-3H3,(H,23,25). The first kappa shape index (κ1) is 19.1. The van der Waals surface area contributed by atoms with Crippen molar-refractivity contribution in [1.29, 1.82) is 0 Å². The van der Waals surface area contributed by atoms with E-state index in [1.807, 2.05) is 36.4 Å². The van der Waals surface area contributed by atoms with Gasteiger partial charge in [0.1, 0.15) is 24.3 Å². The van der Waals surface area contributed by atoms with Crippen LogP contribution >= 0.6 is 0 Å². The van der Waals surface area contributed by atoms with Crippen LogP contribution in [-0.4, -0.2) is 44.9 Å². The fourth-order valence-corrected chi connectivity index (χ4v) is 2.52. The minimum atomic E-state index is -0.557. The SMILES string of the molecule is CC(C)(C)NCC(O)COc1ccc(-c2cnc(-c3cccnc3)[nH]2)cc1. The van der Waals surface area contributed by atoms with Crippen LogP contribution in [-0.2, 0) is 0 Å². The van der Waals surface area contributed by atoms with E-state index in [1.54, 1.807) is 18.6 Å². The zero-order valence-electron chi connectivity index (χ0n) is 15.9. The molecule has 0 saturated carbocycles. The van der Waals surface area contributed by atoms with Gasteiger partial charge in [-0.2, -0.15) is 0 Å². The van der Waals surface area contributed by atoms with E-state index in [0.29, 0.717) is 6.54 Å². The average Bonchev–Trinajstić information content (AvgIpc) is 3.15. The van der Waals surface area contributed by atoms with E-state index in [0.717, 1.165) is 28.4 Å². The second kappa shape index (κ2) is 8.33. The molecule has 0 aliphatic heterocycles. The summed E-state index contributed by atoms with van der Waals surface area (Å²) >= 11 is 0. The molecule has 0 spiro atoms. The quantitative estimate of drug-likeness (QED) is 0.598. The molecule has 0 amide bonds. The van der Waals surface area contributed by atoms with Crippen molar-refractivity contribution >= 4 is 0 Å². The number of H-pyrrole nitrogens is 1. The summed E-state index contributed by atoms with van der Waals surface area (Å²) in [5.41, 5.74) is 2.86. The summed E-state index contributed by atoms with van der Waals surface area (Å²) in [6, 6.07) is 11.6. The molecule has 1 unspecified atom stereocenters. The molecule has 2 aromatic heterocycles. The molecule has 3 N–H and O–H groups in total. The molecule has 1 atom stereocenters. The first-order valence-corrected chi connectivity index (χ1v) is 9.02. The molecule has 0 bridgehead atoms. The van der Waals surface area contributed by atoms with Gasteiger partial charge in [0.05, 0.1) is 11.9 Å². The fourth-order valence-electron chi connectivity index (χ4n) is 2.52. The number of imidazole rings is 1. The Morgan fingerprint density at radius 2 is 1.89 bits per heavy atom. The molecule has 0 aliphatic carbocycles. The van der Waals surface area contributed by atoms with E-state index in [-0.39, 0.29) is 12.1 Å². The lowest BCUT2D eigenvalue weighted by Gasteiger charge is -2.22. The molecule has 3 aromatic rings. The lowest BCUT2D eigenvalue weighted by molar-refractivity contribution is 0.100. The topological polar surface area (TPSA) is 83.1 Å². The van der Waals surface area contributed by atoms with Gasteiger partial charge in [0.2, 0.25) is 0 Å². The van der Waals surface area contributed by atoms with Gasteiger partial charge in [0, 0.05) is 30.0 Å². The van der Waals surface area contributed by atoms with Crippen LogP contribution in [0, 0.1) is 0 Å². The van der Waals surface area contributed by atoms with Crippen LogP contribution in [0.3, 0.4) is 0 Å². The molecule has 6 heteroatoms. The predicted octanol–water partition coefficient (Wildman–Crippen LogP) is 3.27. The van der Waals surface area contributed by atoms with Crippen molar-refractivity contribution < 1.29 is 9.84 Å². The molecule has 27 heavy (non-hydrogen) atoms. The minimum Gasteiger partial charge on any atom is -0.491 e. The summed E-state index contributed by atoms with van der Waals surface area (Å²) in [5, 5.41) is 13.3. The maximum absolute atomic E-state index is 10.0. The molecule has 1 aromatic carbocycles. The molecule has 0 aliphatic rings. The van der Waals surface area contributed by atoms with E-state index in [2.05, 4.69) is 41.0 Å². The molecule has 2 heterocycles. The number of rotatable bonds is 7. The average molecular weight is 366 g/mol. The second-order valence-corrected chi connectivity index (χ2v) is 7.51. The van der Waals surface area contributed by atoms with E-state index in [4.69, 9.17) is 4.74 Å². The number of nitrogens with zero attached hydrogens (tertiary/aromatic N) is 2. The van der Waals surface area contributed by atoms with Gasteiger partial charge < -0.3 is 20.1 Å². The Labute approximate surface area is 159 Å². The molecular weight excluding hydrogens is 340 g/mol. The van der Waals surface area contributed by atoms with Crippen molar-refractivity contribution in [2.24, 2.45) is 0 Å². The number of hydrogen-bond donors (Lipinski definition) is 3. The number of aromatic nitrogens is 3. The van der Waals surface area contributed by atoms with E-state index >= 15 is 0 Å². The number of pyridine rings is 1. The minimum absolute atomic E-state index is 0.0264. The lowest BCUT2D eigenvalue weighted by Crippen LogP contribution is -2.42. The Hall–Kier alpha value is -2.70. The van der Waals surface area contributed by atoms with Crippen molar-refractivity contribution in [3.63, 3.8) is 0 Å². The Balaban J connectivity index is 1.57. The van der Waals surface area contributed by atoms with Crippen LogP contribution in [0.4, 0.5) is 0 Å². The number of nitrogens with one attached hydrogen (secondary N) is 2. The number of aliphatic hydroxyl groups excluding tert-OH is 1. The van der Waals surface area contributed by atoms with E-state index < -0.39 is 6.10 Å². The van der Waals surface area contributed by atoms with Gasteiger partial charge in [0.25, 0.3) is 0 Å². The highest BCUT2D eigenvalue weighted by atomic mass is 16.5. The monoisotopic (exact) mass is 366 g/mol. The third kappa shape index (κ3) is 5.64. The summed E-state index contributed by atoms with van der Waals surface area (Å²) in [5.74, 6) is 1.51. The van der Waals surface area contributed by atoms with Gasteiger partial charge in [-0.15, -0.1) is 0 Å². The summed E-state index contributed by atoms with van der Waals surface area (Å²) in [7, 11) is 0. The van der Waals surface area contributed by atoms with Crippen LogP contribution in [0.1, 0.15) is 20.8 Å². The Morgan fingerprint density at radius 3 is 2.56 bits per heavy atom. The van der Waals surface area contributed by atoms with Crippen molar-refractivity contribution in [2.45, 2.75) is 32.4 Å². The summed E-state index contributed by atoms with van der Waals surface area (Å²) in [6.07, 6.45) is 4.76. The van der Waals surface area contributed by atoms with Crippen molar-refractivity contribution in [1.82, 2.24) is 20.3 Å². The first-order chi connectivity index (χ1) is 12.9. The third-order valence-electron chi connectivity index (χ3n) is 3.99. The molecular formula is C21H26N4O2. The molecule has 0 fully saturated rings. The zero-order chi connectivity index (χ0) is 19.3. The van der Waals surface area contributed by atoms with Gasteiger partial charge in [-0.25, -0.2) is 4.98 Å². The van der Waals surface area contributed by atoms with Crippen molar-refractivity contribution in [3.8, 4) is 28.4 Å². The predicted molar refractivity (Wildman–Crippen MR) is 107 cm³/mol. The highest BCUT2D eigenvalue weighted by molar-refractivity contribution is 5.64. The lowest BCUT2D eigenvalue weighted by atomic mass is 10.1. The Kier molecular flexibility index (Phi) is 5.88. The highest BCUT2D eigenvalue weighted by Crippen LogP contribution is 2.23. The van der Waals surface area contributed by atoms with Gasteiger partial charge in [-0.05, 0) is 62.7 Å². The Bertz CT molecular complexity index is 839. The van der Waals surface area contributed by atoms with Gasteiger partial charge >= 0.3 is 0 Å². The number of aliphatic hydroxyl groups is 1. The van der Waals surface area contributed by atoms with E-state index in [1.165, 1.54) is 0 Å². The summed E-state index contributed by atoms with van der Waals surface area (Å²) in [6.45, 7) is 6.93. The maximum atomic E-state index is 10.0. The first-order valence-electron chi connectivity index (χ1n) is 9.02. The second-order valence-electron chi connectivity index (χ2n) is 7.51. The molecule has 6 nitrogen and oxygen atoms in total. The zero-order valence-corrected chi connectivity index (χ0v) is 15.9. The van der Waals surface area contributed by atoms with Crippen LogP contribution in [0.25, 0.3) is 22.6 Å². The third-order valence-corrected chi connectivity index (χ3v) is 3.99. The normalized spacial score (nSPS) is 12.7. The van der Waals surface area contributed by atoms with Gasteiger partial charge in [-0.3, -0.25) is 4.98 Å². The van der Waals surface area contributed by atoms with Crippen LogP contribution in [0.5, 0.6) is 5.75 Å². The van der Waals surface area contributed by atoms with Crippen LogP contribution in [0.15, 0.2) is 55.0 Å². The number of ether oxygens (including phenoxy) is 1. The molecule has 142 valence electrons. The largest absolute Gasteiger partial charge is 0.491 e. The van der Waals surface area contributed by atoms with Crippen LogP contribution in [0.2, 0.25) is 0 Å². The molecule has 0 saturated heterocycles. The Morgan fingerprint density at radius 1 is 1.11 bits per heavy atom. The smallest absolute Gasteiger partial charge is 0.139 e. The summed E-state index contributed by atoms with van der Waals surface area (Å²) < 4.78 is 5.67. The maximum Gasteiger partial charge on any atom is 0.139 e. The van der Waals surface area contributed by atoms with Crippen molar-refractivity contribution in [2.75, 3.05) is 13.2 Å². The number of aromatic amines is 1. The molecule has 3 rings (SSSR count). The number of β-amino-alcohol motifs (C(OH)–C–C–N with tert-alkyl or cyclic N) is 1. The highest BCUT2D eigenvalue weighted by Gasteiger charge is 2.12. The number of benzene rings is 1. The fraction of sp³-hybridized carbons (Fsp3) is 0.333. The van der Waals surface area contributed by atoms with Crippen LogP contribution < -0.4 is 10.1 Å².